The van der Waals surface area contributed by atoms with Gasteiger partial charge in [0.05, 0.1) is 28.1 Å². The Hall–Kier alpha value is -5.16. The van der Waals surface area contributed by atoms with Gasteiger partial charge in [0.15, 0.2) is 0 Å². The third-order valence-corrected chi connectivity index (χ3v) is 10.9. The molecule has 0 N–H and O–H groups in total. The highest BCUT2D eigenvalue weighted by Crippen LogP contribution is 2.42. The van der Waals surface area contributed by atoms with Gasteiger partial charge in [-0.15, -0.1) is 0 Å². The molecule has 0 saturated heterocycles. The van der Waals surface area contributed by atoms with Crippen molar-refractivity contribution in [1.29, 1.82) is 0 Å². The number of para-hydroxylation sites is 1. The zero-order valence-corrected chi connectivity index (χ0v) is 35.9. The van der Waals surface area contributed by atoms with Crippen LogP contribution in [0.3, 0.4) is 0 Å². The molecule has 0 amide bonds. The lowest BCUT2D eigenvalue weighted by molar-refractivity contribution is 0.481. The summed E-state index contributed by atoms with van der Waals surface area (Å²) in [7, 11) is 0. The topological polar surface area (TPSA) is 44.9 Å². The van der Waals surface area contributed by atoms with E-state index in [4.69, 9.17) is 14.8 Å². The first-order chi connectivity index (χ1) is 26.3. The fraction of sp³-hybridized carbons (Fsp3) is 0.373. The van der Waals surface area contributed by atoms with Crippen LogP contribution in [0, 0.1) is 6.92 Å². The Labute approximate surface area is 334 Å². The van der Waals surface area contributed by atoms with Gasteiger partial charge >= 0.3 is 0 Å². The Balaban J connectivity index is 1.37. The van der Waals surface area contributed by atoms with Gasteiger partial charge in [-0.2, -0.15) is 5.10 Å². The molecule has 290 valence electrons. The first-order valence-corrected chi connectivity index (χ1v) is 20.4. The number of aryl methyl sites for hydroxylation is 2. The lowest BCUT2D eigenvalue weighted by Crippen LogP contribution is -2.19. The van der Waals surface area contributed by atoms with E-state index < -0.39 is 0 Å². The minimum atomic E-state index is -0.196. The SMILES string of the molecule is CCCc1nn(-c2cc(C)cc(Oc3ccc4c5ccccc5n(-c5cc(C(C)C)ccn5)c4c3)c2)c(C(C)(C)C)c1-c1cc(C(C)(C)C)cc(C(C)(C)C)c1. The molecular formula is C51H60N4O. The number of aromatic nitrogens is 4. The predicted octanol–water partition coefficient (Wildman–Crippen LogP) is 14.1. The summed E-state index contributed by atoms with van der Waals surface area (Å²) < 4.78 is 11.3. The molecule has 0 fully saturated rings. The fourth-order valence-corrected chi connectivity index (χ4v) is 7.92. The molecule has 3 aromatic heterocycles. The number of rotatable bonds is 8. The lowest BCUT2D eigenvalue weighted by Gasteiger charge is -2.28. The van der Waals surface area contributed by atoms with E-state index in [1.165, 1.54) is 44.3 Å². The Kier molecular flexibility index (Phi) is 10.1. The summed E-state index contributed by atoms with van der Waals surface area (Å²) in [6, 6.07) is 33.0. The van der Waals surface area contributed by atoms with Crippen molar-refractivity contribution in [1.82, 2.24) is 19.3 Å². The van der Waals surface area contributed by atoms with Crippen LogP contribution >= 0.6 is 0 Å². The summed E-state index contributed by atoms with van der Waals surface area (Å²) in [6.45, 7) is 29.6. The van der Waals surface area contributed by atoms with Crippen molar-refractivity contribution in [3.05, 3.63) is 131 Å². The summed E-state index contributed by atoms with van der Waals surface area (Å²) in [4.78, 5) is 4.85. The lowest BCUT2D eigenvalue weighted by atomic mass is 9.77. The smallest absolute Gasteiger partial charge is 0.137 e. The number of hydrogen-bond acceptors (Lipinski definition) is 3. The second-order valence-electron chi connectivity index (χ2n) is 19.1. The van der Waals surface area contributed by atoms with Gasteiger partial charge < -0.3 is 4.74 Å². The molecule has 0 bridgehead atoms. The molecule has 0 atom stereocenters. The molecule has 0 aliphatic heterocycles. The number of nitrogens with zero attached hydrogens (tertiary/aromatic N) is 4. The maximum Gasteiger partial charge on any atom is 0.137 e. The summed E-state index contributed by atoms with van der Waals surface area (Å²) >= 11 is 0. The van der Waals surface area contributed by atoms with Crippen molar-refractivity contribution < 1.29 is 4.74 Å². The molecule has 7 aromatic rings. The standard InChI is InChI=1S/C51H60N4O/c1-14-17-43-47(35-26-36(49(5,6)7)29-37(27-35)50(8,9)10)48(51(11,12)13)55(53-43)38-24-33(4)25-40(30-38)56-39-20-21-42-41-18-15-16-19-44(41)54(45(42)31-39)46-28-34(32(2)3)22-23-52-46/h15-16,18-32H,14,17H2,1-13H3. The first kappa shape index (κ1) is 39.1. The van der Waals surface area contributed by atoms with E-state index >= 15 is 0 Å². The van der Waals surface area contributed by atoms with E-state index in [-0.39, 0.29) is 16.2 Å². The van der Waals surface area contributed by atoms with E-state index in [2.05, 4.69) is 190 Å². The number of benzene rings is 4. The van der Waals surface area contributed by atoms with Gasteiger partial charge in [0.25, 0.3) is 0 Å². The quantitative estimate of drug-likeness (QED) is 0.156. The Morgan fingerprint density at radius 2 is 1.36 bits per heavy atom. The normalized spacial score (nSPS) is 12.7. The van der Waals surface area contributed by atoms with Crippen LogP contribution in [0.1, 0.15) is 129 Å². The van der Waals surface area contributed by atoms with Crippen molar-refractivity contribution in [2.45, 2.75) is 125 Å². The molecule has 7 rings (SSSR count). The number of fused-ring (bicyclic) bond motifs is 3. The van der Waals surface area contributed by atoms with Crippen LogP contribution in [0.5, 0.6) is 11.5 Å². The number of hydrogen-bond donors (Lipinski definition) is 0. The summed E-state index contributed by atoms with van der Waals surface area (Å²) in [6.07, 6.45) is 3.83. The van der Waals surface area contributed by atoms with Gasteiger partial charge in [0.2, 0.25) is 0 Å². The highest BCUT2D eigenvalue weighted by Gasteiger charge is 2.31. The van der Waals surface area contributed by atoms with E-state index in [1.54, 1.807) is 0 Å². The minimum Gasteiger partial charge on any atom is -0.457 e. The molecule has 0 aliphatic carbocycles. The van der Waals surface area contributed by atoms with Crippen LogP contribution in [0.4, 0.5) is 0 Å². The van der Waals surface area contributed by atoms with Gasteiger partial charge in [0.1, 0.15) is 17.3 Å². The molecule has 56 heavy (non-hydrogen) atoms. The molecule has 0 aliphatic rings. The highest BCUT2D eigenvalue weighted by atomic mass is 16.5. The predicted molar refractivity (Wildman–Crippen MR) is 237 cm³/mol. The number of ether oxygens (including phenoxy) is 1. The second kappa shape index (κ2) is 14.4. The van der Waals surface area contributed by atoms with E-state index in [1.807, 2.05) is 6.20 Å². The average Bonchev–Trinajstić information content (AvgIpc) is 3.67. The molecule has 3 heterocycles. The average molecular weight is 745 g/mol. The third-order valence-electron chi connectivity index (χ3n) is 10.9. The van der Waals surface area contributed by atoms with E-state index in [0.717, 1.165) is 58.1 Å². The fourth-order valence-electron chi connectivity index (χ4n) is 7.92. The van der Waals surface area contributed by atoms with Crippen molar-refractivity contribution in [3.63, 3.8) is 0 Å². The van der Waals surface area contributed by atoms with Crippen molar-refractivity contribution in [3.8, 4) is 34.1 Å². The Morgan fingerprint density at radius 1 is 0.679 bits per heavy atom. The van der Waals surface area contributed by atoms with E-state index in [0.29, 0.717) is 5.92 Å². The summed E-state index contributed by atoms with van der Waals surface area (Å²) in [5.74, 6) is 2.86. The van der Waals surface area contributed by atoms with Gasteiger partial charge in [0, 0.05) is 40.1 Å². The molecule has 5 heteroatoms. The van der Waals surface area contributed by atoms with Crippen LogP contribution < -0.4 is 4.74 Å². The van der Waals surface area contributed by atoms with Crippen LogP contribution in [-0.4, -0.2) is 19.3 Å². The molecule has 0 radical (unpaired) electrons. The van der Waals surface area contributed by atoms with Crippen LogP contribution in [0.15, 0.2) is 97.2 Å². The maximum atomic E-state index is 6.80. The molecule has 5 nitrogen and oxygen atoms in total. The number of pyridine rings is 1. The van der Waals surface area contributed by atoms with Gasteiger partial charge in [-0.1, -0.05) is 126 Å². The summed E-state index contributed by atoms with van der Waals surface area (Å²) in [5, 5.41) is 7.83. The molecule has 0 unspecified atom stereocenters. The zero-order chi connectivity index (χ0) is 40.3. The van der Waals surface area contributed by atoms with Crippen LogP contribution in [0.2, 0.25) is 0 Å². The highest BCUT2D eigenvalue weighted by molar-refractivity contribution is 6.09. The maximum absolute atomic E-state index is 6.80. The summed E-state index contributed by atoms with van der Waals surface area (Å²) in [5.41, 5.74) is 12.9. The second-order valence-corrected chi connectivity index (χ2v) is 19.1. The largest absolute Gasteiger partial charge is 0.457 e. The zero-order valence-electron chi connectivity index (χ0n) is 35.9. The minimum absolute atomic E-state index is 0.00755. The Morgan fingerprint density at radius 3 is 2.00 bits per heavy atom. The third kappa shape index (κ3) is 7.53. The molecule has 4 aromatic carbocycles. The van der Waals surface area contributed by atoms with Crippen LogP contribution in [0.25, 0.3) is 44.4 Å². The van der Waals surface area contributed by atoms with Crippen molar-refractivity contribution in [2.24, 2.45) is 0 Å². The van der Waals surface area contributed by atoms with Crippen LogP contribution in [-0.2, 0) is 22.7 Å². The van der Waals surface area contributed by atoms with Crippen molar-refractivity contribution >= 4 is 21.8 Å². The first-order valence-electron chi connectivity index (χ1n) is 20.4. The van der Waals surface area contributed by atoms with Crippen molar-refractivity contribution in [2.75, 3.05) is 0 Å². The molecular weight excluding hydrogens is 685 g/mol. The molecule has 0 saturated carbocycles. The molecule has 0 spiro atoms. The van der Waals surface area contributed by atoms with Gasteiger partial charge in [-0.25, -0.2) is 9.67 Å². The monoisotopic (exact) mass is 744 g/mol. The van der Waals surface area contributed by atoms with E-state index in [9.17, 15) is 0 Å². The van der Waals surface area contributed by atoms with Gasteiger partial charge in [-0.05, 0) is 100 Å². The Bertz CT molecular complexity index is 2530. The van der Waals surface area contributed by atoms with Gasteiger partial charge in [-0.3, -0.25) is 4.57 Å².